The van der Waals surface area contributed by atoms with Crippen molar-refractivity contribution in [3.05, 3.63) is 48.8 Å². The molecule has 0 saturated carbocycles. The molecule has 2 N–H and O–H groups in total. The van der Waals surface area contributed by atoms with Crippen LogP contribution in [-0.2, 0) is 0 Å². The molecule has 1 atom stereocenters. The summed E-state index contributed by atoms with van der Waals surface area (Å²) >= 11 is 0. The van der Waals surface area contributed by atoms with E-state index in [2.05, 4.69) is 22.5 Å². The van der Waals surface area contributed by atoms with E-state index in [4.69, 9.17) is 10.7 Å². The summed E-state index contributed by atoms with van der Waals surface area (Å²) in [4.78, 5) is 8.79. The topological polar surface area (TPSA) is 56.7 Å². The Kier molecular flexibility index (Phi) is 3.01. The molecule has 0 saturated heterocycles. The molecule has 0 radical (unpaired) electrons. The van der Waals surface area contributed by atoms with Crippen LogP contribution in [0, 0.1) is 0 Å². The van der Waals surface area contributed by atoms with Crippen LogP contribution in [0.3, 0.4) is 0 Å². The van der Waals surface area contributed by atoms with Gasteiger partial charge in [-0.1, -0.05) is 12.1 Å². The first kappa shape index (κ1) is 11.9. The number of rotatable bonds is 3. The third-order valence-electron chi connectivity index (χ3n) is 3.32. The minimum absolute atomic E-state index is 0.204. The molecule has 19 heavy (non-hydrogen) atoms. The molecule has 1 unspecified atom stereocenters. The van der Waals surface area contributed by atoms with Gasteiger partial charge in [-0.3, -0.25) is 4.98 Å². The summed E-state index contributed by atoms with van der Waals surface area (Å²) in [7, 11) is 0. The summed E-state index contributed by atoms with van der Waals surface area (Å²) in [6.07, 6.45) is 3.57. The maximum atomic E-state index is 5.84. The second-order valence-corrected chi connectivity index (χ2v) is 4.61. The van der Waals surface area contributed by atoms with Gasteiger partial charge in [0.25, 0.3) is 0 Å². The number of hydrogen-bond acceptors (Lipinski definition) is 3. The van der Waals surface area contributed by atoms with Gasteiger partial charge < -0.3 is 10.3 Å². The van der Waals surface area contributed by atoms with Gasteiger partial charge in [-0.25, -0.2) is 4.98 Å². The predicted molar refractivity (Wildman–Crippen MR) is 76.7 cm³/mol. The van der Waals surface area contributed by atoms with Crippen molar-refractivity contribution >= 4 is 11.0 Å². The van der Waals surface area contributed by atoms with Crippen molar-refractivity contribution in [2.45, 2.75) is 13.0 Å². The van der Waals surface area contributed by atoms with Gasteiger partial charge in [0.05, 0.1) is 11.0 Å². The van der Waals surface area contributed by atoms with Crippen molar-refractivity contribution < 1.29 is 0 Å². The fourth-order valence-corrected chi connectivity index (χ4v) is 2.30. The smallest absolute Gasteiger partial charge is 0.141 e. The normalized spacial score (nSPS) is 12.7. The molecule has 4 heteroatoms. The lowest BCUT2D eigenvalue weighted by molar-refractivity contribution is 0.579. The molecular weight excluding hydrogens is 236 g/mol. The minimum atomic E-state index is 0.204. The fraction of sp³-hybridized carbons (Fsp3) is 0.200. The van der Waals surface area contributed by atoms with Crippen LogP contribution < -0.4 is 5.73 Å². The van der Waals surface area contributed by atoms with Gasteiger partial charge in [0.1, 0.15) is 5.82 Å². The molecule has 3 rings (SSSR count). The van der Waals surface area contributed by atoms with Crippen LogP contribution in [0.1, 0.15) is 13.0 Å². The lowest BCUT2D eigenvalue weighted by Gasteiger charge is -2.15. The van der Waals surface area contributed by atoms with Crippen LogP contribution in [0.5, 0.6) is 0 Å². The summed E-state index contributed by atoms with van der Waals surface area (Å²) in [5.41, 5.74) is 9.01. The van der Waals surface area contributed by atoms with E-state index in [9.17, 15) is 0 Å². The van der Waals surface area contributed by atoms with E-state index in [1.54, 1.807) is 12.4 Å². The van der Waals surface area contributed by atoms with Crippen molar-refractivity contribution in [1.82, 2.24) is 14.5 Å². The zero-order valence-corrected chi connectivity index (χ0v) is 10.8. The van der Waals surface area contributed by atoms with Crippen LogP contribution in [0.4, 0.5) is 0 Å². The Balaban J connectivity index is 2.29. The van der Waals surface area contributed by atoms with E-state index < -0.39 is 0 Å². The molecule has 0 fully saturated rings. The molecule has 0 spiro atoms. The average Bonchev–Trinajstić information content (AvgIpc) is 2.87. The summed E-state index contributed by atoms with van der Waals surface area (Å²) < 4.78 is 2.20. The van der Waals surface area contributed by atoms with Crippen molar-refractivity contribution in [2.24, 2.45) is 5.73 Å². The second-order valence-electron chi connectivity index (χ2n) is 4.61. The van der Waals surface area contributed by atoms with Crippen LogP contribution in [0.25, 0.3) is 22.4 Å². The second kappa shape index (κ2) is 4.82. The maximum absolute atomic E-state index is 5.84. The number of benzene rings is 1. The van der Waals surface area contributed by atoms with E-state index >= 15 is 0 Å². The van der Waals surface area contributed by atoms with E-state index in [1.807, 2.05) is 30.3 Å². The maximum Gasteiger partial charge on any atom is 0.141 e. The standard InChI is InChI=1S/C15H16N4/c1-11(10-16)19-14-5-3-2-4-13(14)18-15(19)12-6-8-17-9-7-12/h2-9,11H,10,16H2,1H3. The van der Waals surface area contributed by atoms with Crippen LogP contribution in [0.2, 0.25) is 0 Å². The Bertz CT molecular complexity index is 688. The number of nitrogens with two attached hydrogens (primary N) is 1. The van der Waals surface area contributed by atoms with Crippen molar-refractivity contribution in [3.8, 4) is 11.4 Å². The number of hydrogen-bond donors (Lipinski definition) is 1. The predicted octanol–water partition coefficient (Wildman–Crippen LogP) is 2.62. The number of imidazole rings is 1. The number of para-hydroxylation sites is 2. The largest absolute Gasteiger partial charge is 0.328 e. The highest BCUT2D eigenvalue weighted by Crippen LogP contribution is 2.27. The van der Waals surface area contributed by atoms with Crippen molar-refractivity contribution in [2.75, 3.05) is 6.54 Å². The molecule has 0 bridgehead atoms. The summed E-state index contributed by atoms with van der Waals surface area (Å²) in [5.74, 6) is 0.946. The molecule has 3 aromatic rings. The minimum Gasteiger partial charge on any atom is -0.328 e. The highest BCUT2D eigenvalue weighted by molar-refractivity contribution is 5.80. The first-order valence-electron chi connectivity index (χ1n) is 6.38. The molecule has 2 heterocycles. The summed E-state index contributed by atoms with van der Waals surface area (Å²) in [6.45, 7) is 2.69. The third kappa shape index (κ3) is 2.00. The zero-order valence-electron chi connectivity index (χ0n) is 10.8. The molecule has 0 aliphatic carbocycles. The van der Waals surface area contributed by atoms with Gasteiger partial charge in [0.2, 0.25) is 0 Å². The van der Waals surface area contributed by atoms with Gasteiger partial charge in [0, 0.05) is 30.5 Å². The SMILES string of the molecule is CC(CN)n1c(-c2ccncc2)nc2ccccc21. The number of pyridine rings is 1. The molecule has 1 aromatic carbocycles. The number of aromatic nitrogens is 3. The number of nitrogens with zero attached hydrogens (tertiary/aromatic N) is 3. The first-order valence-corrected chi connectivity index (χ1v) is 6.38. The van der Waals surface area contributed by atoms with Gasteiger partial charge >= 0.3 is 0 Å². The van der Waals surface area contributed by atoms with E-state index in [0.29, 0.717) is 6.54 Å². The van der Waals surface area contributed by atoms with E-state index in [-0.39, 0.29) is 6.04 Å². The van der Waals surface area contributed by atoms with Gasteiger partial charge in [0.15, 0.2) is 0 Å². The van der Waals surface area contributed by atoms with Gasteiger partial charge in [-0.05, 0) is 31.2 Å². The Morgan fingerprint density at radius 1 is 1.16 bits per heavy atom. The van der Waals surface area contributed by atoms with E-state index in [1.165, 1.54) is 0 Å². The zero-order chi connectivity index (χ0) is 13.2. The highest BCUT2D eigenvalue weighted by Gasteiger charge is 2.15. The third-order valence-corrected chi connectivity index (χ3v) is 3.32. The van der Waals surface area contributed by atoms with Crippen molar-refractivity contribution in [1.29, 1.82) is 0 Å². The lowest BCUT2D eigenvalue weighted by Crippen LogP contribution is -2.16. The first-order chi connectivity index (χ1) is 9.31. The quantitative estimate of drug-likeness (QED) is 0.779. The van der Waals surface area contributed by atoms with Crippen LogP contribution in [-0.4, -0.2) is 21.1 Å². The summed E-state index contributed by atoms with van der Waals surface area (Å²) in [6, 6.07) is 12.3. The average molecular weight is 252 g/mol. The molecule has 0 aliphatic heterocycles. The highest BCUT2D eigenvalue weighted by atomic mass is 15.1. The van der Waals surface area contributed by atoms with Crippen LogP contribution in [0.15, 0.2) is 48.8 Å². The Morgan fingerprint density at radius 3 is 2.63 bits per heavy atom. The van der Waals surface area contributed by atoms with Gasteiger partial charge in [-0.2, -0.15) is 0 Å². The summed E-state index contributed by atoms with van der Waals surface area (Å²) in [5, 5.41) is 0. The monoisotopic (exact) mass is 252 g/mol. The molecule has 2 aromatic heterocycles. The molecule has 96 valence electrons. The van der Waals surface area contributed by atoms with Gasteiger partial charge in [-0.15, -0.1) is 0 Å². The lowest BCUT2D eigenvalue weighted by atomic mass is 10.2. The Labute approximate surface area is 111 Å². The Morgan fingerprint density at radius 2 is 1.89 bits per heavy atom. The van der Waals surface area contributed by atoms with E-state index in [0.717, 1.165) is 22.4 Å². The fourth-order valence-electron chi connectivity index (χ4n) is 2.30. The number of fused-ring (bicyclic) bond motifs is 1. The molecule has 4 nitrogen and oxygen atoms in total. The molecule has 0 amide bonds. The molecular formula is C15H16N4. The van der Waals surface area contributed by atoms with Crippen LogP contribution >= 0.6 is 0 Å². The Hall–Kier alpha value is -2.20. The molecule has 0 aliphatic rings. The van der Waals surface area contributed by atoms with Crippen molar-refractivity contribution in [3.63, 3.8) is 0 Å².